The van der Waals surface area contributed by atoms with Gasteiger partial charge in [0.05, 0.1) is 18.3 Å². The van der Waals surface area contributed by atoms with Crippen molar-refractivity contribution >= 4 is 17.4 Å². The highest BCUT2D eigenvalue weighted by molar-refractivity contribution is 6.30. The Labute approximate surface area is 117 Å². The predicted molar refractivity (Wildman–Crippen MR) is 74.7 cm³/mol. The summed E-state index contributed by atoms with van der Waals surface area (Å²) < 4.78 is 1.93. The maximum atomic E-state index is 12.0. The van der Waals surface area contributed by atoms with Gasteiger partial charge in [0.15, 0.2) is 5.78 Å². The molecule has 0 aliphatic heterocycles. The molecule has 0 atom stereocenters. The van der Waals surface area contributed by atoms with Crippen molar-refractivity contribution in [1.82, 2.24) is 9.78 Å². The molecule has 3 rings (SSSR count). The minimum atomic E-state index is 0.227. The lowest BCUT2D eigenvalue weighted by molar-refractivity contribution is 0.0982. The lowest BCUT2D eigenvalue weighted by Crippen LogP contribution is -2.07. The lowest BCUT2D eigenvalue weighted by Gasteiger charge is -2.07. The Hall–Kier alpha value is -1.61. The number of halogens is 1. The Morgan fingerprint density at radius 3 is 2.95 bits per heavy atom. The minimum absolute atomic E-state index is 0.227. The first kappa shape index (κ1) is 12.4. The predicted octanol–water partition coefficient (Wildman–Crippen LogP) is 3.49. The van der Waals surface area contributed by atoms with E-state index in [-0.39, 0.29) is 5.78 Å². The summed E-state index contributed by atoms with van der Waals surface area (Å²) in [6.45, 7) is 0.670. The second-order valence-corrected chi connectivity index (χ2v) is 5.36. The number of nitrogens with zero attached hydrogens (tertiary/aromatic N) is 2. The number of hydrogen-bond donors (Lipinski definition) is 0. The Balaban J connectivity index is 1.92. The zero-order chi connectivity index (χ0) is 13.2. The fraction of sp³-hybridized carbons (Fsp3) is 0.333. The largest absolute Gasteiger partial charge is 0.294 e. The van der Waals surface area contributed by atoms with Gasteiger partial charge in [-0.25, -0.2) is 0 Å². The van der Waals surface area contributed by atoms with Crippen molar-refractivity contribution in [2.75, 3.05) is 0 Å². The first-order valence-electron chi connectivity index (χ1n) is 6.56. The van der Waals surface area contributed by atoms with Crippen molar-refractivity contribution in [3.8, 4) is 0 Å². The lowest BCUT2D eigenvalue weighted by atomic mass is 10.1. The third-order valence-corrected chi connectivity index (χ3v) is 3.77. The van der Waals surface area contributed by atoms with E-state index >= 15 is 0 Å². The second kappa shape index (κ2) is 5.17. The van der Waals surface area contributed by atoms with Crippen LogP contribution in [-0.2, 0) is 13.0 Å². The summed E-state index contributed by atoms with van der Waals surface area (Å²) in [4.78, 5) is 12.0. The number of hydrogen-bond acceptors (Lipinski definition) is 2. The van der Waals surface area contributed by atoms with Crippen molar-refractivity contribution in [3.05, 3.63) is 52.3 Å². The molecule has 0 amide bonds. The van der Waals surface area contributed by atoms with E-state index in [0.717, 1.165) is 41.1 Å². The molecular weight excluding hydrogens is 260 g/mol. The zero-order valence-corrected chi connectivity index (χ0v) is 11.4. The topological polar surface area (TPSA) is 34.9 Å². The first-order chi connectivity index (χ1) is 9.24. The highest BCUT2D eigenvalue weighted by Crippen LogP contribution is 2.21. The molecule has 1 aliphatic carbocycles. The van der Waals surface area contributed by atoms with E-state index in [1.807, 2.05) is 28.9 Å². The molecule has 0 radical (unpaired) electrons. The molecule has 0 spiro atoms. The highest BCUT2D eigenvalue weighted by Gasteiger charge is 2.20. The van der Waals surface area contributed by atoms with Gasteiger partial charge in [0.2, 0.25) is 0 Å². The molecule has 4 heteroatoms. The van der Waals surface area contributed by atoms with Gasteiger partial charge >= 0.3 is 0 Å². The van der Waals surface area contributed by atoms with E-state index in [1.165, 1.54) is 0 Å². The van der Waals surface area contributed by atoms with Crippen LogP contribution in [0.2, 0.25) is 5.02 Å². The summed E-state index contributed by atoms with van der Waals surface area (Å²) in [6.07, 6.45) is 5.33. The van der Waals surface area contributed by atoms with Crippen LogP contribution in [0.3, 0.4) is 0 Å². The van der Waals surface area contributed by atoms with E-state index in [0.29, 0.717) is 13.0 Å². The normalized spacial score (nSPS) is 15.1. The summed E-state index contributed by atoms with van der Waals surface area (Å²) in [6, 6.07) is 7.76. The molecule has 0 saturated heterocycles. The molecule has 0 saturated carbocycles. The van der Waals surface area contributed by atoms with Gasteiger partial charge in [0.25, 0.3) is 0 Å². The smallest absolute Gasteiger partial charge is 0.166 e. The van der Waals surface area contributed by atoms with Crippen LogP contribution in [-0.4, -0.2) is 15.6 Å². The van der Waals surface area contributed by atoms with Gasteiger partial charge in [0, 0.05) is 17.1 Å². The van der Waals surface area contributed by atoms with Gasteiger partial charge in [-0.15, -0.1) is 0 Å². The molecule has 98 valence electrons. The van der Waals surface area contributed by atoms with Crippen LogP contribution in [0.5, 0.6) is 0 Å². The van der Waals surface area contributed by atoms with Crippen LogP contribution in [0.4, 0.5) is 0 Å². The van der Waals surface area contributed by atoms with E-state index in [2.05, 4.69) is 5.10 Å². The van der Waals surface area contributed by atoms with Crippen molar-refractivity contribution in [1.29, 1.82) is 0 Å². The maximum absolute atomic E-state index is 12.0. The molecule has 3 nitrogen and oxygen atoms in total. The summed E-state index contributed by atoms with van der Waals surface area (Å²) in [5.74, 6) is 0.227. The molecule has 0 unspecified atom stereocenters. The summed E-state index contributed by atoms with van der Waals surface area (Å²) in [5.41, 5.74) is 2.98. The molecule has 1 heterocycles. The number of rotatable bonds is 2. The number of fused-ring (bicyclic) bond motifs is 1. The van der Waals surface area contributed by atoms with Crippen LogP contribution < -0.4 is 0 Å². The van der Waals surface area contributed by atoms with Gasteiger partial charge in [-0.05, 0) is 37.0 Å². The zero-order valence-electron chi connectivity index (χ0n) is 10.6. The van der Waals surface area contributed by atoms with Crippen LogP contribution in [0.15, 0.2) is 30.5 Å². The third kappa shape index (κ3) is 2.56. The summed E-state index contributed by atoms with van der Waals surface area (Å²) >= 11 is 5.99. The quantitative estimate of drug-likeness (QED) is 0.786. The van der Waals surface area contributed by atoms with Crippen molar-refractivity contribution in [2.45, 2.75) is 32.2 Å². The van der Waals surface area contributed by atoms with Crippen LogP contribution >= 0.6 is 11.6 Å². The van der Waals surface area contributed by atoms with E-state index < -0.39 is 0 Å². The van der Waals surface area contributed by atoms with Crippen molar-refractivity contribution in [2.24, 2.45) is 0 Å². The maximum Gasteiger partial charge on any atom is 0.166 e. The summed E-state index contributed by atoms with van der Waals surface area (Å²) in [7, 11) is 0. The molecule has 1 aromatic carbocycles. The van der Waals surface area contributed by atoms with E-state index in [4.69, 9.17) is 11.6 Å². The Kier molecular flexibility index (Phi) is 3.38. The fourth-order valence-electron chi connectivity index (χ4n) is 2.56. The molecule has 0 fully saturated rings. The standard InChI is InChI=1S/C15H15ClN2O/c16-12-5-3-4-11(8-12)10-18-14-6-1-2-7-15(19)13(14)9-17-18/h3-5,8-9H,1-2,6-7,10H2. The number of benzene rings is 1. The molecule has 1 aromatic heterocycles. The molecule has 2 aromatic rings. The van der Waals surface area contributed by atoms with Gasteiger partial charge in [-0.3, -0.25) is 9.48 Å². The fourth-order valence-corrected chi connectivity index (χ4v) is 2.78. The Bertz CT molecular complexity index is 618. The average molecular weight is 275 g/mol. The van der Waals surface area contributed by atoms with Gasteiger partial charge in [0.1, 0.15) is 0 Å². The Morgan fingerprint density at radius 2 is 2.11 bits per heavy atom. The molecule has 19 heavy (non-hydrogen) atoms. The van der Waals surface area contributed by atoms with E-state index in [9.17, 15) is 4.79 Å². The van der Waals surface area contributed by atoms with Crippen molar-refractivity contribution in [3.63, 3.8) is 0 Å². The van der Waals surface area contributed by atoms with Crippen LogP contribution in [0.25, 0.3) is 0 Å². The number of carbonyl (C=O) groups is 1. The second-order valence-electron chi connectivity index (χ2n) is 4.92. The number of carbonyl (C=O) groups excluding carboxylic acids is 1. The molecular formula is C15H15ClN2O. The number of Topliss-reactive ketones (excluding diaryl/α,β-unsaturated/α-hetero) is 1. The monoisotopic (exact) mass is 274 g/mol. The first-order valence-corrected chi connectivity index (χ1v) is 6.94. The Morgan fingerprint density at radius 1 is 1.26 bits per heavy atom. The van der Waals surface area contributed by atoms with Gasteiger partial charge < -0.3 is 0 Å². The molecule has 0 bridgehead atoms. The van der Waals surface area contributed by atoms with E-state index in [1.54, 1.807) is 6.20 Å². The number of aromatic nitrogens is 2. The van der Waals surface area contributed by atoms with Gasteiger partial charge in [-0.2, -0.15) is 5.10 Å². The number of ketones is 1. The average Bonchev–Trinajstić information content (AvgIpc) is 2.68. The van der Waals surface area contributed by atoms with Crippen molar-refractivity contribution < 1.29 is 4.79 Å². The molecule has 0 N–H and O–H groups in total. The highest BCUT2D eigenvalue weighted by atomic mass is 35.5. The van der Waals surface area contributed by atoms with Gasteiger partial charge in [-0.1, -0.05) is 23.7 Å². The molecule has 1 aliphatic rings. The van der Waals surface area contributed by atoms with Crippen LogP contribution in [0, 0.1) is 0 Å². The summed E-state index contributed by atoms with van der Waals surface area (Å²) in [5, 5.41) is 5.10. The SMILES string of the molecule is O=C1CCCCc2c1cnn2Cc1cccc(Cl)c1. The third-order valence-electron chi connectivity index (χ3n) is 3.54. The van der Waals surface area contributed by atoms with Crippen LogP contribution in [0.1, 0.15) is 40.9 Å². The minimum Gasteiger partial charge on any atom is -0.294 e.